The molecule has 1 aromatic carbocycles. The molecule has 0 fully saturated rings. The van der Waals surface area contributed by atoms with Crippen molar-refractivity contribution in [1.82, 2.24) is 0 Å². The molecule has 3 N–H and O–H groups in total. The highest BCUT2D eigenvalue weighted by molar-refractivity contribution is 7.88. The highest BCUT2D eigenvalue weighted by atomic mass is 32.2. The molecule has 0 unspecified atom stereocenters. The number of nitrogens with two attached hydrogens (primary N) is 1. The first kappa shape index (κ1) is 16.4. The molecule has 0 saturated heterocycles. The summed E-state index contributed by atoms with van der Waals surface area (Å²) in [5.74, 6) is -1.38. The van der Waals surface area contributed by atoms with Crippen LogP contribution in [0.5, 0.6) is 0 Å². The molecule has 0 aliphatic rings. The van der Waals surface area contributed by atoms with E-state index in [-0.39, 0.29) is 11.3 Å². The molecule has 8 heteroatoms. The highest BCUT2D eigenvalue weighted by Crippen LogP contribution is 2.17. The number of sulfonamides is 1. The Morgan fingerprint density at radius 1 is 1.40 bits per heavy atom. The van der Waals surface area contributed by atoms with Gasteiger partial charge in [-0.3, -0.25) is 5.32 Å². The van der Waals surface area contributed by atoms with Gasteiger partial charge in [0.2, 0.25) is 10.0 Å². The molecule has 0 aromatic heterocycles. The van der Waals surface area contributed by atoms with Crippen molar-refractivity contribution in [2.75, 3.05) is 5.32 Å². The summed E-state index contributed by atoms with van der Waals surface area (Å²) in [6, 6.07) is 3.62. The van der Waals surface area contributed by atoms with Gasteiger partial charge in [-0.05, 0) is 32.9 Å². The number of carbonyl (C=O) groups excluding carboxylic acids is 1. The molecule has 1 aromatic rings. The third-order valence-electron chi connectivity index (χ3n) is 2.06. The normalized spacial score (nSPS) is 12.1. The van der Waals surface area contributed by atoms with E-state index in [9.17, 15) is 17.6 Å². The molecule has 20 heavy (non-hydrogen) atoms. The zero-order chi connectivity index (χ0) is 15.6. The largest absolute Gasteiger partial charge is 0.444 e. The maximum Gasteiger partial charge on any atom is 0.412 e. The minimum atomic E-state index is -3.81. The Labute approximate surface area is 117 Å². The van der Waals surface area contributed by atoms with Crippen molar-refractivity contribution < 1.29 is 22.3 Å². The minimum absolute atomic E-state index is 0.0674. The summed E-state index contributed by atoms with van der Waals surface area (Å²) in [4.78, 5) is 11.5. The lowest BCUT2D eigenvalue weighted by molar-refractivity contribution is 0.0636. The summed E-state index contributed by atoms with van der Waals surface area (Å²) in [5.41, 5.74) is -0.576. The molecular weight excluding hydrogens is 287 g/mol. The number of halogens is 1. The van der Waals surface area contributed by atoms with Crippen LogP contribution in [0.1, 0.15) is 26.3 Å². The summed E-state index contributed by atoms with van der Waals surface area (Å²) in [7, 11) is -3.81. The molecule has 1 amide bonds. The van der Waals surface area contributed by atoms with Crippen LogP contribution in [0.15, 0.2) is 18.2 Å². The van der Waals surface area contributed by atoms with Crippen LogP contribution in [0, 0.1) is 5.82 Å². The maximum absolute atomic E-state index is 13.7. The second kappa shape index (κ2) is 5.76. The van der Waals surface area contributed by atoms with Crippen LogP contribution >= 0.6 is 0 Å². The number of ether oxygens (including phenoxy) is 1. The van der Waals surface area contributed by atoms with Crippen LogP contribution in [0.2, 0.25) is 0 Å². The molecule has 0 spiro atoms. The third-order valence-corrected chi connectivity index (χ3v) is 2.77. The summed E-state index contributed by atoms with van der Waals surface area (Å²) in [6.07, 6.45) is -0.726. The van der Waals surface area contributed by atoms with Crippen LogP contribution in [-0.2, 0) is 20.5 Å². The first-order chi connectivity index (χ1) is 8.96. The average molecular weight is 304 g/mol. The van der Waals surface area contributed by atoms with Crippen molar-refractivity contribution in [1.29, 1.82) is 0 Å². The van der Waals surface area contributed by atoms with E-state index in [4.69, 9.17) is 9.88 Å². The molecule has 0 bridgehead atoms. The maximum atomic E-state index is 13.7. The number of benzene rings is 1. The van der Waals surface area contributed by atoms with E-state index in [1.807, 2.05) is 0 Å². The van der Waals surface area contributed by atoms with Crippen molar-refractivity contribution in [3.05, 3.63) is 29.6 Å². The van der Waals surface area contributed by atoms with Gasteiger partial charge in [0.05, 0.1) is 5.75 Å². The fraction of sp³-hybridized carbons (Fsp3) is 0.417. The predicted octanol–water partition coefficient (Wildman–Crippen LogP) is 1.96. The van der Waals surface area contributed by atoms with Gasteiger partial charge < -0.3 is 4.74 Å². The standard InChI is InChI=1S/C12H17FN2O4S/c1-12(2,3)19-11(16)15-9-5-4-8(10(13)6-9)7-20(14,17)18/h4-6H,7H2,1-3H3,(H,15,16)(H2,14,17,18). The first-order valence-electron chi connectivity index (χ1n) is 5.75. The monoisotopic (exact) mass is 304 g/mol. The zero-order valence-corrected chi connectivity index (χ0v) is 12.3. The van der Waals surface area contributed by atoms with Gasteiger partial charge in [-0.2, -0.15) is 0 Å². The van der Waals surface area contributed by atoms with Crippen molar-refractivity contribution in [2.45, 2.75) is 32.1 Å². The predicted molar refractivity (Wildman–Crippen MR) is 73.1 cm³/mol. The van der Waals surface area contributed by atoms with Gasteiger partial charge in [-0.25, -0.2) is 22.7 Å². The summed E-state index contributed by atoms with van der Waals surface area (Å²) >= 11 is 0. The molecule has 0 saturated carbocycles. The van der Waals surface area contributed by atoms with E-state index < -0.39 is 33.3 Å². The van der Waals surface area contributed by atoms with Crippen molar-refractivity contribution >= 4 is 21.8 Å². The molecule has 0 atom stereocenters. The number of anilines is 1. The molecular formula is C12H17FN2O4S. The fourth-order valence-electron chi connectivity index (χ4n) is 1.38. The van der Waals surface area contributed by atoms with Gasteiger partial charge in [-0.1, -0.05) is 6.07 Å². The molecule has 6 nitrogen and oxygen atoms in total. The van der Waals surface area contributed by atoms with E-state index in [2.05, 4.69) is 5.32 Å². The van der Waals surface area contributed by atoms with Gasteiger partial charge in [0.15, 0.2) is 0 Å². The van der Waals surface area contributed by atoms with Gasteiger partial charge in [0, 0.05) is 11.3 Å². The van der Waals surface area contributed by atoms with Crippen LogP contribution in [0.25, 0.3) is 0 Å². The van der Waals surface area contributed by atoms with Gasteiger partial charge in [0.25, 0.3) is 0 Å². The van der Waals surface area contributed by atoms with E-state index in [1.165, 1.54) is 12.1 Å². The Morgan fingerprint density at radius 2 is 2.00 bits per heavy atom. The molecule has 0 radical (unpaired) electrons. The number of hydrogen-bond acceptors (Lipinski definition) is 4. The van der Waals surface area contributed by atoms with Crippen molar-refractivity contribution in [2.24, 2.45) is 5.14 Å². The van der Waals surface area contributed by atoms with E-state index in [0.717, 1.165) is 6.07 Å². The van der Waals surface area contributed by atoms with Gasteiger partial charge >= 0.3 is 6.09 Å². The number of nitrogens with one attached hydrogen (secondary N) is 1. The zero-order valence-electron chi connectivity index (χ0n) is 11.4. The molecule has 112 valence electrons. The van der Waals surface area contributed by atoms with Crippen LogP contribution < -0.4 is 10.5 Å². The molecule has 0 aliphatic heterocycles. The Kier molecular flexibility index (Phi) is 4.72. The van der Waals surface area contributed by atoms with Gasteiger partial charge in [0.1, 0.15) is 11.4 Å². The fourth-order valence-corrected chi connectivity index (χ4v) is 2.05. The summed E-state index contributed by atoms with van der Waals surface area (Å²) in [5, 5.41) is 7.19. The number of amides is 1. The lowest BCUT2D eigenvalue weighted by Crippen LogP contribution is -2.27. The highest BCUT2D eigenvalue weighted by Gasteiger charge is 2.17. The van der Waals surface area contributed by atoms with Crippen molar-refractivity contribution in [3.8, 4) is 0 Å². The third kappa shape index (κ3) is 5.98. The number of hydrogen-bond donors (Lipinski definition) is 2. The van der Waals surface area contributed by atoms with Crippen LogP contribution in [0.4, 0.5) is 14.9 Å². The molecule has 1 rings (SSSR count). The van der Waals surface area contributed by atoms with Gasteiger partial charge in [-0.15, -0.1) is 0 Å². The average Bonchev–Trinajstić information content (AvgIpc) is 2.17. The minimum Gasteiger partial charge on any atom is -0.444 e. The van der Waals surface area contributed by atoms with E-state index >= 15 is 0 Å². The number of rotatable bonds is 3. The second-order valence-corrected chi connectivity index (χ2v) is 6.85. The van der Waals surface area contributed by atoms with Crippen LogP contribution in [-0.4, -0.2) is 20.1 Å². The smallest absolute Gasteiger partial charge is 0.412 e. The second-order valence-electron chi connectivity index (χ2n) is 5.24. The van der Waals surface area contributed by atoms with E-state index in [1.54, 1.807) is 20.8 Å². The topological polar surface area (TPSA) is 98.5 Å². The first-order valence-corrected chi connectivity index (χ1v) is 7.47. The van der Waals surface area contributed by atoms with E-state index in [0.29, 0.717) is 0 Å². The molecule has 0 heterocycles. The Balaban J connectivity index is 2.80. The number of carbonyl (C=O) groups is 1. The van der Waals surface area contributed by atoms with Crippen LogP contribution in [0.3, 0.4) is 0 Å². The summed E-state index contributed by atoms with van der Waals surface area (Å²) < 4.78 is 40.4. The lowest BCUT2D eigenvalue weighted by atomic mass is 10.2. The summed E-state index contributed by atoms with van der Waals surface area (Å²) in [6.45, 7) is 5.09. The Hall–Kier alpha value is -1.67. The Bertz CT molecular complexity index is 608. The quantitative estimate of drug-likeness (QED) is 0.891. The van der Waals surface area contributed by atoms with Crippen molar-refractivity contribution in [3.63, 3.8) is 0 Å². The molecule has 0 aliphatic carbocycles. The SMILES string of the molecule is CC(C)(C)OC(=O)Nc1ccc(CS(N)(=O)=O)c(F)c1. The number of primary sulfonamides is 1. The Morgan fingerprint density at radius 3 is 2.45 bits per heavy atom. The lowest BCUT2D eigenvalue weighted by Gasteiger charge is -2.19.